The molecule has 5 heteroatoms. The van der Waals surface area contributed by atoms with Crippen molar-refractivity contribution in [1.82, 2.24) is 10.6 Å². The van der Waals surface area contributed by atoms with Crippen molar-refractivity contribution in [3.63, 3.8) is 0 Å². The van der Waals surface area contributed by atoms with Crippen LogP contribution in [0.15, 0.2) is 48.5 Å². The van der Waals surface area contributed by atoms with Gasteiger partial charge in [-0.2, -0.15) is 0 Å². The Hall–Kier alpha value is -1.69. The summed E-state index contributed by atoms with van der Waals surface area (Å²) in [6.45, 7) is 4.60. The molecule has 4 nitrogen and oxygen atoms in total. The Kier molecular flexibility index (Phi) is 7.62. The number of fused-ring (bicyclic) bond motifs is 2. The molecule has 25 heavy (non-hydrogen) atoms. The second kappa shape index (κ2) is 9.70. The predicted molar refractivity (Wildman–Crippen MR) is 110 cm³/mol. The van der Waals surface area contributed by atoms with Gasteiger partial charge in [-0.05, 0) is 32.7 Å². The summed E-state index contributed by atoms with van der Waals surface area (Å²) in [6.07, 6.45) is 0. The highest BCUT2D eigenvalue weighted by atomic mass is 35.5. The van der Waals surface area contributed by atoms with E-state index in [2.05, 4.69) is 59.2 Å². The molecule has 0 aliphatic heterocycles. The molecule has 6 N–H and O–H groups in total. The highest BCUT2D eigenvalue weighted by Gasteiger charge is 2.12. The number of hydrogen-bond acceptors (Lipinski definition) is 4. The third-order valence-electron chi connectivity index (χ3n) is 4.40. The van der Waals surface area contributed by atoms with Gasteiger partial charge in [-0.15, -0.1) is 12.4 Å². The molecule has 0 fully saturated rings. The molecule has 0 amide bonds. The van der Waals surface area contributed by atoms with Crippen molar-refractivity contribution in [2.45, 2.75) is 13.1 Å². The van der Waals surface area contributed by atoms with Gasteiger partial charge in [-0.3, -0.25) is 0 Å². The molecule has 0 aromatic heterocycles. The van der Waals surface area contributed by atoms with Crippen LogP contribution in [-0.4, -0.2) is 26.2 Å². The zero-order valence-corrected chi connectivity index (χ0v) is 15.2. The first-order chi connectivity index (χ1) is 11.9. The van der Waals surface area contributed by atoms with E-state index in [0.717, 1.165) is 26.2 Å². The Morgan fingerprint density at radius 1 is 0.600 bits per heavy atom. The molecule has 0 heterocycles. The van der Waals surface area contributed by atoms with Crippen LogP contribution >= 0.6 is 12.4 Å². The Morgan fingerprint density at radius 3 is 1.20 bits per heavy atom. The number of hydrogen-bond donors (Lipinski definition) is 4. The van der Waals surface area contributed by atoms with Gasteiger partial charge in [0, 0.05) is 39.3 Å². The molecule has 3 rings (SSSR count). The molecule has 0 aliphatic carbocycles. The lowest BCUT2D eigenvalue weighted by molar-refractivity contribution is 0.697. The van der Waals surface area contributed by atoms with E-state index < -0.39 is 0 Å². The van der Waals surface area contributed by atoms with E-state index in [-0.39, 0.29) is 12.4 Å². The largest absolute Gasteiger partial charge is 0.329 e. The average Bonchev–Trinajstić information content (AvgIpc) is 2.63. The van der Waals surface area contributed by atoms with Crippen LogP contribution < -0.4 is 22.1 Å². The first-order valence-electron chi connectivity index (χ1n) is 8.59. The van der Waals surface area contributed by atoms with E-state index in [4.69, 9.17) is 11.5 Å². The number of rotatable bonds is 8. The SMILES string of the molecule is Cl.NCCNCc1c2ccccc2c(CNCCN)c2ccccc12. The van der Waals surface area contributed by atoms with E-state index in [1.165, 1.54) is 32.7 Å². The van der Waals surface area contributed by atoms with Crippen LogP contribution in [-0.2, 0) is 13.1 Å². The molecule has 3 aromatic rings. The number of nitrogens with two attached hydrogens (primary N) is 2. The summed E-state index contributed by atoms with van der Waals surface area (Å²) in [6, 6.07) is 17.3. The minimum absolute atomic E-state index is 0. The molecular formula is C20H27ClN4. The minimum Gasteiger partial charge on any atom is -0.329 e. The van der Waals surface area contributed by atoms with Crippen molar-refractivity contribution in [3.05, 3.63) is 59.7 Å². The second-order valence-electron chi connectivity index (χ2n) is 5.98. The molecule has 134 valence electrons. The molecule has 0 saturated carbocycles. The van der Waals surface area contributed by atoms with E-state index in [0.29, 0.717) is 13.1 Å². The summed E-state index contributed by atoms with van der Waals surface area (Å²) in [5.41, 5.74) is 13.9. The maximum absolute atomic E-state index is 5.63. The molecule has 0 unspecified atom stereocenters. The summed E-state index contributed by atoms with van der Waals surface area (Å²) in [5, 5.41) is 12.1. The lowest BCUT2D eigenvalue weighted by atomic mass is 9.91. The molecule has 0 atom stereocenters. The van der Waals surface area contributed by atoms with Gasteiger partial charge in [0.25, 0.3) is 0 Å². The summed E-state index contributed by atoms with van der Waals surface area (Å²) < 4.78 is 0. The fraction of sp³-hybridized carbons (Fsp3) is 0.300. The molecule has 0 saturated heterocycles. The first kappa shape index (κ1) is 19.6. The topological polar surface area (TPSA) is 76.1 Å². The molecule has 0 radical (unpaired) electrons. The van der Waals surface area contributed by atoms with E-state index in [1.54, 1.807) is 0 Å². The lowest BCUT2D eigenvalue weighted by Crippen LogP contribution is -2.23. The Bertz CT molecular complexity index is 694. The number of nitrogens with one attached hydrogen (secondary N) is 2. The predicted octanol–water partition coefficient (Wildman–Crippen LogP) is 2.51. The van der Waals surface area contributed by atoms with Crippen molar-refractivity contribution in [1.29, 1.82) is 0 Å². The van der Waals surface area contributed by atoms with Gasteiger partial charge in [-0.25, -0.2) is 0 Å². The van der Waals surface area contributed by atoms with Gasteiger partial charge in [0.05, 0.1) is 0 Å². The minimum atomic E-state index is 0. The molecule has 0 aliphatic rings. The number of halogens is 1. The van der Waals surface area contributed by atoms with Crippen LogP contribution in [0, 0.1) is 0 Å². The molecule has 3 aromatic carbocycles. The van der Waals surface area contributed by atoms with Gasteiger partial charge < -0.3 is 22.1 Å². The monoisotopic (exact) mass is 358 g/mol. The third kappa shape index (κ3) is 4.29. The summed E-state index contributed by atoms with van der Waals surface area (Å²) in [4.78, 5) is 0. The molecule has 0 spiro atoms. The Morgan fingerprint density at radius 2 is 0.920 bits per heavy atom. The zero-order valence-electron chi connectivity index (χ0n) is 14.4. The Balaban J connectivity index is 0.00000225. The smallest absolute Gasteiger partial charge is 0.0218 e. The van der Waals surface area contributed by atoms with E-state index in [9.17, 15) is 0 Å². The zero-order chi connectivity index (χ0) is 16.8. The fourth-order valence-electron chi connectivity index (χ4n) is 3.32. The van der Waals surface area contributed by atoms with Crippen molar-refractivity contribution in [2.24, 2.45) is 11.5 Å². The van der Waals surface area contributed by atoms with Gasteiger partial charge >= 0.3 is 0 Å². The highest BCUT2D eigenvalue weighted by molar-refractivity contribution is 6.05. The van der Waals surface area contributed by atoms with Crippen molar-refractivity contribution in [2.75, 3.05) is 26.2 Å². The van der Waals surface area contributed by atoms with Crippen LogP contribution in [0.3, 0.4) is 0 Å². The summed E-state index contributed by atoms with van der Waals surface area (Å²) in [5.74, 6) is 0. The van der Waals surface area contributed by atoms with Crippen LogP contribution in [0.5, 0.6) is 0 Å². The standard InChI is InChI=1S/C20H26N4.ClH/c21-9-11-23-13-19-15-5-1-2-6-16(15)20(14-24-12-10-22)18-8-4-3-7-17(18)19;/h1-8,23-24H,9-14,21-22H2;1H. The van der Waals surface area contributed by atoms with Crippen LogP contribution in [0.25, 0.3) is 21.5 Å². The molecule has 0 bridgehead atoms. The van der Waals surface area contributed by atoms with E-state index >= 15 is 0 Å². The van der Waals surface area contributed by atoms with Crippen molar-refractivity contribution >= 4 is 34.0 Å². The summed E-state index contributed by atoms with van der Waals surface area (Å²) in [7, 11) is 0. The lowest BCUT2D eigenvalue weighted by Gasteiger charge is -2.17. The van der Waals surface area contributed by atoms with E-state index in [1.807, 2.05) is 0 Å². The third-order valence-corrected chi connectivity index (χ3v) is 4.40. The van der Waals surface area contributed by atoms with Gasteiger partial charge in [0.15, 0.2) is 0 Å². The van der Waals surface area contributed by atoms with Gasteiger partial charge in [-0.1, -0.05) is 48.5 Å². The maximum atomic E-state index is 5.63. The molecular weight excluding hydrogens is 332 g/mol. The van der Waals surface area contributed by atoms with Crippen LogP contribution in [0.2, 0.25) is 0 Å². The van der Waals surface area contributed by atoms with Crippen LogP contribution in [0.1, 0.15) is 11.1 Å². The number of benzene rings is 3. The Labute approximate surface area is 155 Å². The van der Waals surface area contributed by atoms with Gasteiger partial charge in [0.2, 0.25) is 0 Å². The van der Waals surface area contributed by atoms with Gasteiger partial charge in [0.1, 0.15) is 0 Å². The quantitative estimate of drug-likeness (QED) is 0.368. The summed E-state index contributed by atoms with van der Waals surface area (Å²) >= 11 is 0. The maximum Gasteiger partial charge on any atom is 0.0218 e. The highest BCUT2D eigenvalue weighted by Crippen LogP contribution is 2.32. The fourth-order valence-corrected chi connectivity index (χ4v) is 3.32. The normalized spacial score (nSPS) is 11.0. The van der Waals surface area contributed by atoms with Crippen LogP contribution in [0.4, 0.5) is 0 Å². The van der Waals surface area contributed by atoms with Crippen molar-refractivity contribution < 1.29 is 0 Å². The second-order valence-corrected chi connectivity index (χ2v) is 5.98. The first-order valence-corrected chi connectivity index (χ1v) is 8.59. The average molecular weight is 359 g/mol. The van der Waals surface area contributed by atoms with Crippen molar-refractivity contribution in [3.8, 4) is 0 Å².